The normalized spacial score (nSPS) is 13.0. The van der Waals surface area contributed by atoms with E-state index in [0.29, 0.717) is 18.4 Å². The molecule has 1 unspecified atom stereocenters. The Bertz CT molecular complexity index is 677. The lowest BCUT2D eigenvalue weighted by molar-refractivity contribution is 0.415. The molecule has 0 aliphatic carbocycles. The van der Waals surface area contributed by atoms with E-state index < -0.39 is 0 Å². The molecule has 1 atom stereocenters. The first-order valence-corrected chi connectivity index (χ1v) is 7.70. The van der Waals surface area contributed by atoms with E-state index in [-0.39, 0.29) is 0 Å². The number of nitrogens with one attached hydrogen (secondary N) is 1. The summed E-state index contributed by atoms with van der Waals surface area (Å²) in [6.45, 7) is 7.67. The van der Waals surface area contributed by atoms with Gasteiger partial charge < -0.3 is 15.8 Å². The summed E-state index contributed by atoms with van der Waals surface area (Å²) in [5.74, 6) is 1.53. The SMILES string of the molecule is COc1cccc(NC(N)=NCC(C)Cn2nc(C)cc2C)c1. The Morgan fingerprint density at radius 1 is 1.39 bits per heavy atom. The Labute approximate surface area is 137 Å². The average molecular weight is 315 g/mol. The van der Waals surface area contributed by atoms with Crippen LogP contribution in [0.3, 0.4) is 0 Å². The van der Waals surface area contributed by atoms with Crippen molar-refractivity contribution in [1.82, 2.24) is 9.78 Å². The van der Waals surface area contributed by atoms with Gasteiger partial charge in [-0.25, -0.2) is 0 Å². The van der Waals surface area contributed by atoms with Crippen LogP contribution < -0.4 is 15.8 Å². The Balaban J connectivity index is 1.89. The highest BCUT2D eigenvalue weighted by Crippen LogP contribution is 2.16. The molecule has 1 heterocycles. The second kappa shape index (κ2) is 7.67. The zero-order valence-electron chi connectivity index (χ0n) is 14.2. The van der Waals surface area contributed by atoms with Crippen LogP contribution in [0.25, 0.3) is 0 Å². The van der Waals surface area contributed by atoms with Crippen LogP contribution >= 0.6 is 0 Å². The van der Waals surface area contributed by atoms with Crippen molar-refractivity contribution >= 4 is 11.6 Å². The van der Waals surface area contributed by atoms with Gasteiger partial charge in [0.05, 0.1) is 12.8 Å². The highest BCUT2D eigenvalue weighted by Gasteiger charge is 2.07. The van der Waals surface area contributed by atoms with Gasteiger partial charge in [-0.05, 0) is 38.0 Å². The van der Waals surface area contributed by atoms with Crippen molar-refractivity contribution in [2.24, 2.45) is 16.6 Å². The van der Waals surface area contributed by atoms with E-state index >= 15 is 0 Å². The molecule has 0 amide bonds. The van der Waals surface area contributed by atoms with Gasteiger partial charge in [-0.2, -0.15) is 5.10 Å². The van der Waals surface area contributed by atoms with E-state index in [2.05, 4.69) is 35.3 Å². The lowest BCUT2D eigenvalue weighted by Crippen LogP contribution is -2.24. The van der Waals surface area contributed by atoms with Crippen LogP contribution in [0, 0.1) is 19.8 Å². The lowest BCUT2D eigenvalue weighted by Gasteiger charge is -2.12. The number of aromatic nitrogens is 2. The predicted octanol–water partition coefficient (Wildman–Crippen LogP) is 2.57. The number of hydrogen-bond acceptors (Lipinski definition) is 3. The van der Waals surface area contributed by atoms with Gasteiger partial charge in [0.2, 0.25) is 0 Å². The molecule has 1 aromatic carbocycles. The number of anilines is 1. The standard InChI is InChI=1S/C17H25N5O/c1-12(11-22-14(3)8-13(2)21-22)10-19-17(18)20-15-6-5-7-16(9-15)23-4/h5-9,12H,10-11H2,1-4H3,(H3,18,19,20). The van der Waals surface area contributed by atoms with E-state index in [1.807, 2.05) is 35.9 Å². The third kappa shape index (κ3) is 5.02. The minimum absolute atomic E-state index is 0.346. The molecule has 0 saturated carbocycles. The van der Waals surface area contributed by atoms with Crippen molar-refractivity contribution in [3.8, 4) is 5.75 Å². The fraction of sp³-hybridized carbons (Fsp3) is 0.412. The van der Waals surface area contributed by atoms with Gasteiger partial charge in [-0.1, -0.05) is 13.0 Å². The minimum atomic E-state index is 0.346. The number of ether oxygens (including phenoxy) is 1. The maximum absolute atomic E-state index is 5.95. The number of methoxy groups -OCH3 is 1. The third-order valence-corrected chi connectivity index (χ3v) is 3.50. The number of guanidine groups is 1. The van der Waals surface area contributed by atoms with Crippen LogP contribution in [0.5, 0.6) is 5.75 Å². The smallest absolute Gasteiger partial charge is 0.193 e. The van der Waals surface area contributed by atoms with E-state index in [0.717, 1.165) is 23.7 Å². The van der Waals surface area contributed by atoms with Crippen LogP contribution in [-0.4, -0.2) is 29.4 Å². The van der Waals surface area contributed by atoms with Crippen molar-refractivity contribution in [1.29, 1.82) is 0 Å². The van der Waals surface area contributed by atoms with Gasteiger partial charge in [0, 0.05) is 30.5 Å². The third-order valence-electron chi connectivity index (χ3n) is 3.50. The molecule has 6 heteroatoms. The first-order chi connectivity index (χ1) is 11.0. The molecule has 0 spiro atoms. The van der Waals surface area contributed by atoms with Crippen molar-refractivity contribution in [3.63, 3.8) is 0 Å². The molecule has 0 aliphatic rings. The zero-order valence-corrected chi connectivity index (χ0v) is 14.2. The molecule has 2 rings (SSSR count). The van der Waals surface area contributed by atoms with Crippen LogP contribution in [0.4, 0.5) is 5.69 Å². The summed E-state index contributed by atoms with van der Waals surface area (Å²) in [5, 5.41) is 7.55. The molecule has 0 bridgehead atoms. The summed E-state index contributed by atoms with van der Waals surface area (Å²) < 4.78 is 7.20. The molecular weight excluding hydrogens is 290 g/mol. The Morgan fingerprint density at radius 2 is 2.17 bits per heavy atom. The number of aliphatic imine (C=N–C) groups is 1. The van der Waals surface area contributed by atoms with Crippen molar-refractivity contribution in [2.45, 2.75) is 27.3 Å². The molecule has 0 aliphatic heterocycles. The molecule has 2 aromatic rings. The number of nitrogens with two attached hydrogens (primary N) is 1. The van der Waals surface area contributed by atoms with E-state index in [1.54, 1.807) is 7.11 Å². The highest BCUT2D eigenvalue weighted by molar-refractivity contribution is 5.92. The number of nitrogens with zero attached hydrogens (tertiary/aromatic N) is 3. The number of aryl methyl sites for hydroxylation is 2. The molecule has 0 saturated heterocycles. The predicted molar refractivity (Wildman–Crippen MR) is 94.0 cm³/mol. The molecular formula is C17H25N5O. The van der Waals surface area contributed by atoms with Gasteiger partial charge in [0.1, 0.15) is 5.75 Å². The molecule has 3 N–H and O–H groups in total. The monoisotopic (exact) mass is 315 g/mol. The quantitative estimate of drug-likeness (QED) is 0.634. The van der Waals surface area contributed by atoms with Gasteiger partial charge in [-0.15, -0.1) is 0 Å². The molecule has 0 fully saturated rings. The number of hydrogen-bond donors (Lipinski definition) is 2. The highest BCUT2D eigenvalue weighted by atomic mass is 16.5. The first-order valence-electron chi connectivity index (χ1n) is 7.70. The largest absolute Gasteiger partial charge is 0.497 e. The van der Waals surface area contributed by atoms with Crippen LogP contribution in [0.15, 0.2) is 35.3 Å². The Morgan fingerprint density at radius 3 is 2.83 bits per heavy atom. The summed E-state index contributed by atoms with van der Waals surface area (Å²) in [6, 6.07) is 9.66. The molecule has 124 valence electrons. The van der Waals surface area contributed by atoms with Crippen LogP contribution in [0.2, 0.25) is 0 Å². The first kappa shape index (κ1) is 16.9. The fourth-order valence-corrected chi connectivity index (χ4v) is 2.36. The van der Waals surface area contributed by atoms with E-state index in [4.69, 9.17) is 10.5 Å². The summed E-state index contributed by atoms with van der Waals surface area (Å²) in [7, 11) is 1.64. The summed E-state index contributed by atoms with van der Waals surface area (Å²) in [5.41, 5.74) is 9.01. The van der Waals surface area contributed by atoms with Crippen LogP contribution in [0.1, 0.15) is 18.3 Å². The van der Waals surface area contributed by atoms with Crippen LogP contribution in [-0.2, 0) is 6.54 Å². The summed E-state index contributed by atoms with van der Waals surface area (Å²) in [6.07, 6.45) is 0. The average Bonchev–Trinajstić information content (AvgIpc) is 2.83. The van der Waals surface area contributed by atoms with Crippen molar-refractivity contribution < 1.29 is 4.74 Å². The molecule has 0 radical (unpaired) electrons. The van der Waals surface area contributed by atoms with Gasteiger partial charge in [0.25, 0.3) is 0 Å². The lowest BCUT2D eigenvalue weighted by atomic mass is 10.2. The summed E-state index contributed by atoms with van der Waals surface area (Å²) in [4.78, 5) is 4.41. The topological polar surface area (TPSA) is 77.5 Å². The van der Waals surface area contributed by atoms with Gasteiger partial charge in [-0.3, -0.25) is 9.67 Å². The number of benzene rings is 1. The van der Waals surface area contributed by atoms with Crippen molar-refractivity contribution in [3.05, 3.63) is 41.7 Å². The number of rotatable bonds is 6. The maximum Gasteiger partial charge on any atom is 0.193 e. The summed E-state index contributed by atoms with van der Waals surface area (Å²) >= 11 is 0. The van der Waals surface area contributed by atoms with Gasteiger partial charge >= 0.3 is 0 Å². The molecule has 6 nitrogen and oxygen atoms in total. The van der Waals surface area contributed by atoms with Gasteiger partial charge in [0.15, 0.2) is 5.96 Å². The zero-order chi connectivity index (χ0) is 16.8. The minimum Gasteiger partial charge on any atom is -0.497 e. The van der Waals surface area contributed by atoms with Crippen molar-refractivity contribution in [2.75, 3.05) is 19.0 Å². The molecule has 1 aromatic heterocycles. The Kier molecular flexibility index (Phi) is 5.62. The maximum atomic E-state index is 5.95. The Hall–Kier alpha value is -2.50. The second-order valence-corrected chi connectivity index (χ2v) is 5.80. The fourth-order valence-electron chi connectivity index (χ4n) is 2.36. The van der Waals surface area contributed by atoms with E-state index in [9.17, 15) is 0 Å². The second-order valence-electron chi connectivity index (χ2n) is 5.80. The molecule has 23 heavy (non-hydrogen) atoms. The van der Waals surface area contributed by atoms with E-state index in [1.165, 1.54) is 5.69 Å².